The molecular formula is C26H29NO2. The van der Waals surface area contributed by atoms with Crippen molar-refractivity contribution in [3.8, 4) is 11.5 Å². The summed E-state index contributed by atoms with van der Waals surface area (Å²) in [6.07, 6.45) is 0.964. The zero-order valence-corrected chi connectivity index (χ0v) is 17.6. The number of hydrogen-bond acceptors (Lipinski definition) is 3. The van der Waals surface area contributed by atoms with E-state index in [0.717, 1.165) is 24.3 Å². The zero-order valence-electron chi connectivity index (χ0n) is 17.6. The minimum atomic E-state index is -0.340. The lowest BCUT2D eigenvalue weighted by atomic mass is 9.76. The molecule has 1 aliphatic rings. The number of anilines is 1. The van der Waals surface area contributed by atoms with Gasteiger partial charge in [0.05, 0.1) is 12.6 Å². The first-order valence-electron chi connectivity index (χ1n) is 10.3. The fourth-order valence-electron chi connectivity index (χ4n) is 4.50. The molecule has 0 amide bonds. The third-order valence-electron chi connectivity index (χ3n) is 6.28. The Kier molecular flexibility index (Phi) is 4.99. The summed E-state index contributed by atoms with van der Waals surface area (Å²) in [5.74, 6) is 1.70. The molecular weight excluding hydrogens is 358 g/mol. The van der Waals surface area contributed by atoms with Crippen LogP contribution in [-0.2, 0) is 12.0 Å². The van der Waals surface area contributed by atoms with Gasteiger partial charge in [0.15, 0.2) is 0 Å². The van der Waals surface area contributed by atoms with Crippen LogP contribution in [0.1, 0.15) is 48.9 Å². The Bertz CT molecular complexity index is 992. The lowest BCUT2D eigenvalue weighted by molar-refractivity contribution is 0.411. The van der Waals surface area contributed by atoms with E-state index in [9.17, 15) is 5.11 Å². The maximum absolute atomic E-state index is 9.84. The van der Waals surface area contributed by atoms with Crippen molar-refractivity contribution in [2.24, 2.45) is 0 Å². The zero-order chi connectivity index (χ0) is 20.6. The molecule has 3 heteroatoms. The van der Waals surface area contributed by atoms with Crippen LogP contribution >= 0.6 is 0 Å². The van der Waals surface area contributed by atoms with Crippen LogP contribution in [0.2, 0.25) is 0 Å². The number of ether oxygens (including phenoxy) is 1. The summed E-state index contributed by atoms with van der Waals surface area (Å²) >= 11 is 0. The second kappa shape index (κ2) is 7.47. The molecule has 0 radical (unpaired) electrons. The third kappa shape index (κ3) is 3.35. The number of fused-ring (bicyclic) bond motifs is 1. The first-order valence-corrected chi connectivity index (χ1v) is 10.3. The fourth-order valence-corrected chi connectivity index (χ4v) is 4.50. The van der Waals surface area contributed by atoms with Gasteiger partial charge in [-0.2, -0.15) is 0 Å². The Morgan fingerprint density at radius 1 is 0.966 bits per heavy atom. The molecule has 1 aliphatic heterocycles. The number of aromatic hydroxyl groups is 1. The monoisotopic (exact) mass is 387 g/mol. The molecule has 29 heavy (non-hydrogen) atoms. The first kappa shape index (κ1) is 19.4. The van der Waals surface area contributed by atoms with Crippen LogP contribution in [0, 0.1) is 0 Å². The van der Waals surface area contributed by atoms with Crippen LogP contribution in [0.4, 0.5) is 5.69 Å². The van der Waals surface area contributed by atoms with Crippen molar-refractivity contribution in [1.29, 1.82) is 0 Å². The minimum Gasteiger partial charge on any atom is -0.508 e. The fraction of sp³-hybridized carbons (Fsp3) is 0.308. The Hall–Kier alpha value is -2.94. The van der Waals surface area contributed by atoms with Crippen molar-refractivity contribution in [2.75, 3.05) is 18.6 Å². The second-order valence-electron chi connectivity index (χ2n) is 8.29. The summed E-state index contributed by atoms with van der Waals surface area (Å²) < 4.78 is 5.47. The minimum absolute atomic E-state index is 0.288. The van der Waals surface area contributed by atoms with Gasteiger partial charge in [-0.1, -0.05) is 44.2 Å². The van der Waals surface area contributed by atoms with Crippen LogP contribution in [0.5, 0.6) is 11.5 Å². The predicted molar refractivity (Wildman–Crippen MR) is 119 cm³/mol. The average Bonchev–Trinajstić information content (AvgIpc) is 2.74. The number of nitrogens with zero attached hydrogens (tertiary/aromatic N) is 1. The maximum atomic E-state index is 9.84. The van der Waals surface area contributed by atoms with Gasteiger partial charge in [0.2, 0.25) is 0 Å². The highest BCUT2D eigenvalue weighted by molar-refractivity contribution is 5.61. The van der Waals surface area contributed by atoms with E-state index >= 15 is 0 Å². The highest BCUT2D eigenvalue weighted by Crippen LogP contribution is 2.44. The van der Waals surface area contributed by atoms with Crippen molar-refractivity contribution in [3.63, 3.8) is 0 Å². The molecule has 1 unspecified atom stereocenters. The number of rotatable bonds is 4. The lowest BCUT2D eigenvalue weighted by Gasteiger charge is -2.48. The van der Waals surface area contributed by atoms with Crippen LogP contribution < -0.4 is 9.64 Å². The maximum Gasteiger partial charge on any atom is 0.119 e. The summed E-state index contributed by atoms with van der Waals surface area (Å²) in [6, 6.07) is 23.0. The van der Waals surface area contributed by atoms with Crippen LogP contribution in [0.25, 0.3) is 0 Å². The summed E-state index contributed by atoms with van der Waals surface area (Å²) in [7, 11) is 1.71. The van der Waals surface area contributed by atoms with Gasteiger partial charge in [-0.25, -0.2) is 0 Å². The Morgan fingerprint density at radius 3 is 2.28 bits per heavy atom. The van der Waals surface area contributed by atoms with Gasteiger partial charge in [-0.3, -0.25) is 0 Å². The second-order valence-corrected chi connectivity index (χ2v) is 8.29. The molecule has 0 saturated carbocycles. The lowest BCUT2D eigenvalue weighted by Crippen LogP contribution is -2.49. The summed E-state index contributed by atoms with van der Waals surface area (Å²) in [5, 5.41) is 9.84. The smallest absolute Gasteiger partial charge is 0.119 e. The topological polar surface area (TPSA) is 32.7 Å². The van der Waals surface area contributed by atoms with Gasteiger partial charge in [-0.05, 0) is 77.9 Å². The molecule has 3 aromatic rings. The Balaban J connectivity index is 1.86. The summed E-state index contributed by atoms with van der Waals surface area (Å²) in [6.45, 7) is 7.64. The molecule has 0 saturated heterocycles. The molecule has 1 heterocycles. The predicted octanol–water partition coefficient (Wildman–Crippen LogP) is 5.85. The normalized spacial score (nSPS) is 18.6. The number of hydrogen-bond donors (Lipinski definition) is 1. The van der Waals surface area contributed by atoms with E-state index in [0.29, 0.717) is 5.92 Å². The molecule has 0 bridgehead atoms. The highest BCUT2D eigenvalue weighted by atomic mass is 16.5. The van der Waals surface area contributed by atoms with Crippen LogP contribution in [0.3, 0.4) is 0 Å². The van der Waals surface area contributed by atoms with Gasteiger partial charge in [0, 0.05) is 12.2 Å². The van der Waals surface area contributed by atoms with E-state index in [4.69, 9.17) is 4.74 Å². The molecule has 0 aromatic heterocycles. The third-order valence-corrected chi connectivity index (χ3v) is 6.28. The van der Waals surface area contributed by atoms with E-state index in [2.05, 4.69) is 62.1 Å². The van der Waals surface area contributed by atoms with Crippen LogP contribution in [-0.4, -0.2) is 18.8 Å². The van der Waals surface area contributed by atoms with Gasteiger partial charge in [0.25, 0.3) is 0 Å². The van der Waals surface area contributed by atoms with Gasteiger partial charge in [0.1, 0.15) is 11.5 Å². The van der Waals surface area contributed by atoms with E-state index in [1.807, 2.05) is 18.2 Å². The molecule has 0 spiro atoms. The molecule has 0 aliphatic carbocycles. The van der Waals surface area contributed by atoms with Crippen molar-refractivity contribution >= 4 is 5.69 Å². The number of phenols is 1. The van der Waals surface area contributed by atoms with Crippen molar-refractivity contribution in [3.05, 3.63) is 89.0 Å². The van der Waals surface area contributed by atoms with E-state index in [-0.39, 0.29) is 11.3 Å². The quantitative estimate of drug-likeness (QED) is 0.609. The summed E-state index contributed by atoms with van der Waals surface area (Å²) in [5.41, 5.74) is 5.98. The van der Waals surface area contributed by atoms with E-state index < -0.39 is 0 Å². The number of benzene rings is 3. The molecule has 4 rings (SSSR count). The number of methoxy groups -OCH3 is 1. The van der Waals surface area contributed by atoms with Crippen molar-refractivity contribution in [2.45, 2.75) is 38.6 Å². The van der Waals surface area contributed by atoms with Crippen molar-refractivity contribution < 1.29 is 9.84 Å². The Morgan fingerprint density at radius 2 is 1.66 bits per heavy atom. The Labute approximate surface area is 173 Å². The van der Waals surface area contributed by atoms with E-state index in [1.165, 1.54) is 22.4 Å². The van der Waals surface area contributed by atoms with Crippen LogP contribution in [0.15, 0.2) is 66.7 Å². The number of phenolic OH excluding ortho intramolecular Hbond substituents is 1. The molecule has 3 nitrogen and oxygen atoms in total. The standard InChI is InChI=1S/C26H29NO2/c1-18(2)19-5-9-22(10-6-19)27-16-15-20-17-24(29-4)13-14-25(20)26(27,3)21-7-11-23(28)12-8-21/h5-14,17-18,28H,15-16H2,1-4H3. The molecule has 3 aromatic carbocycles. The average molecular weight is 388 g/mol. The molecule has 1 N–H and O–H groups in total. The molecule has 1 atom stereocenters. The van der Waals surface area contributed by atoms with Gasteiger partial charge < -0.3 is 14.7 Å². The van der Waals surface area contributed by atoms with E-state index in [1.54, 1.807) is 19.2 Å². The first-order chi connectivity index (χ1) is 13.9. The summed E-state index contributed by atoms with van der Waals surface area (Å²) in [4.78, 5) is 2.48. The van der Waals surface area contributed by atoms with Crippen molar-refractivity contribution in [1.82, 2.24) is 0 Å². The largest absolute Gasteiger partial charge is 0.508 e. The van der Waals surface area contributed by atoms with Gasteiger partial charge >= 0.3 is 0 Å². The molecule has 150 valence electrons. The van der Waals surface area contributed by atoms with Gasteiger partial charge in [-0.15, -0.1) is 0 Å². The SMILES string of the molecule is COc1ccc2c(c1)CCN(c1ccc(C(C)C)cc1)C2(C)c1ccc(O)cc1. The highest BCUT2D eigenvalue weighted by Gasteiger charge is 2.40. The molecule has 0 fully saturated rings.